The number of benzene rings is 1. The second-order valence-electron chi connectivity index (χ2n) is 8.89. The van der Waals surface area contributed by atoms with E-state index in [-0.39, 0.29) is 23.3 Å². The average Bonchev–Trinajstić information content (AvgIpc) is 2.68. The van der Waals surface area contributed by atoms with Gasteiger partial charge in [0.1, 0.15) is 0 Å². The van der Waals surface area contributed by atoms with Crippen molar-refractivity contribution in [3.8, 4) is 0 Å². The van der Waals surface area contributed by atoms with Crippen LogP contribution in [-0.2, 0) is 25.0 Å². The molecule has 3 rings (SSSR count). The van der Waals surface area contributed by atoms with Gasteiger partial charge >= 0.3 is 0 Å². The summed E-state index contributed by atoms with van der Waals surface area (Å²) in [4.78, 5) is 14.7. The third-order valence-electron chi connectivity index (χ3n) is 6.62. The Morgan fingerprint density at radius 3 is 2.79 bits per heavy atom. The third kappa shape index (κ3) is 5.72. The monoisotopic (exact) mass is 422 g/mol. The summed E-state index contributed by atoms with van der Waals surface area (Å²) in [5.74, 6) is 0.500. The van der Waals surface area contributed by atoms with Crippen LogP contribution in [0.1, 0.15) is 57.9 Å². The number of carbonyl (C=O) groups excluding carboxylic acids is 1. The number of sulfonamides is 1. The number of likely N-dealkylation sites (tertiary alicyclic amines) is 1. The molecule has 2 saturated heterocycles. The van der Waals surface area contributed by atoms with E-state index >= 15 is 0 Å². The molecule has 2 heterocycles. The van der Waals surface area contributed by atoms with Crippen molar-refractivity contribution in [2.45, 2.75) is 63.9 Å². The van der Waals surface area contributed by atoms with Crippen LogP contribution in [0.3, 0.4) is 0 Å². The first-order valence-corrected chi connectivity index (χ1v) is 12.5. The van der Waals surface area contributed by atoms with E-state index in [2.05, 4.69) is 24.6 Å². The minimum Gasteiger partial charge on any atom is -0.378 e. The molecule has 6 nitrogen and oxygen atoms in total. The van der Waals surface area contributed by atoms with Crippen molar-refractivity contribution in [1.29, 1.82) is 0 Å². The smallest absolute Gasteiger partial charge is 0.229 e. The first kappa shape index (κ1) is 22.1. The third-order valence-corrected chi connectivity index (χ3v) is 7.22. The van der Waals surface area contributed by atoms with E-state index in [1.165, 1.54) is 6.42 Å². The molecule has 2 aliphatic heterocycles. The van der Waals surface area contributed by atoms with Gasteiger partial charge in [-0.1, -0.05) is 26.0 Å². The van der Waals surface area contributed by atoms with E-state index < -0.39 is 10.0 Å². The maximum atomic E-state index is 12.7. The van der Waals surface area contributed by atoms with E-state index in [1.807, 2.05) is 17.0 Å². The van der Waals surface area contributed by atoms with Gasteiger partial charge in [0.15, 0.2) is 0 Å². The number of nitrogens with zero attached hydrogens (tertiary/aromatic N) is 1. The average molecular weight is 423 g/mol. The Kier molecular flexibility index (Phi) is 6.89. The summed E-state index contributed by atoms with van der Waals surface area (Å²) >= 11 is 0. The van der Waals surface area contributed by atoms with Crippen LogP contribution in [0.15, 0.2) is 24.3 Å². The predicted molar refractivity (Wildman–Crippen MR) is 115 cm³/mol. The number of ether oxygens (including phenoxy) is 1. The number of hydrogen-bond donors (Lipinski definition) is 1. The number of amides is 1. The molecular weight excluding hydrogens is 388 g/mol. The number of piperidine rings is 1. The van der Waals surface area contributed by atoms with E-state index in [0.717, 1.165) is 57.2 Å². The molecule has 1 aromatic carbocycles. The molecule has 0 bridgehead atoms. The fraction of sp³-hybridized carbons (Fsp3) is 0.682. The standard InChI is InChI=1S/C22H34N2O4S/c1-17-16-24(21(25)11-10-20-9-4-5-14-28-20)13-12-22(17,2)18-7-6-8-19(15-18)23-29(3,26)27/h6-8,15,17,20,23H,4-5,9-14,16H2,1-3H3. The lowest BCUT2D eigenvalue weighted by atomic mass is 9.68. The Morgan fingerprint density at radius 2 is 2.14 bits per heavy atom. The lowest BCUT2D eigenvalue weighted by molar-refractivity contribution is -0.135. The van der Waals surface area contributed by atoms with Crippen molar-refractivity contribution in [3.05, 3.63) is 29.8 Å². The lowest BCUT2D eigenvalue weighted by Gasteiger charge is -2.45. The fourth-order valence-corrected chi connectivity index (χ4v) is 5.08. The molecule has 1 aromatic rings. The lowest BCUT2D eigenvalue weighted by Crippen LogP contribution is -2.49. The summed E-state index contributed by atoms with van der Waals surface area (Å²) in [5, 5.41) is 0. The van der Waals surface area contributed by atoms with E-state index in [1.54, 1.807) is 6.07 Å². The Morgan fingerprint density at radius 1 is 1.34 bits per heavy atom. The van der Waals surface area contributed by atoms with Gasteiger partial charge in [0.2, 0.25) is 15.9 Å². The number of anilines is 1. The van der Waals surface area contributed by atoms with Crippen molar-refractivity contribution in [2.75, 3.05) is 30.7 Å². The van der Waals surface area contributed by atoms with Crippen molar-refractivity contribution < 1.29 is 17.9 Å². The zero-order valence-electron chi connectivity index (χ0n) is 17.8. The molecule has 162 valence electrons. The molecule has 1 N–H and O–H groups in total. The highest BCUT2D eigenvalue weighted by Crippen LogP contribution is 2.40. The molecule has 0 saturated carbocycles. The second kappa shape index (κ2) is 9.04. The van der Waals surface area contributed by atoms with Gasteiger partial charge in [0, 0.05) is 31.8 Å². The van der Waals surface area contributed by atoms with E-state index in [4.69, 9.17) is 4.74 Å². The Hall–Kier alpha value is -1.60. The molecule has 3 unspecified atom stereocenters. The van der Waals surface area contributed by atoms with E-state index in [9.17, 15) is 13.2 Å². The first-order valence-electron chi connectivity index (χ1n) is 10.6. The number of hydrogen-bond acceptors (Lipinski definition) is 4. The van der Waals surface area contributed by atoms with Crippen LogP contribution in [0.4, 0.5) is 5.69 Å². The van der Waals surface area contributed by atoms with Crippen LogP contribution < -0.4 is 4.72 Å². The highest BCUT2D eigenvalue weighted by Gasteiger charge is 2.39. The molecule has 0 radical (unpaired) electrons. The fourth-order valence-electron chi connectivity index (χ4n) is 4.52. The summed E-state index contributed by atoms with van der Waals surface area (Å²) in [7, 11) is -3.31. The highest BCUT2D eigenvalue weighted by atomic mass is 32.2. The van der Waals surface area contributed by atoms with Crippen LogP contribution in [0.2, 0.25) is 0 Å². The maximum Gasteiger partial charge on any atom is 0.229 e. The molecule has 2 aliphatic rings. The number of carbonyl (C=O) groups is 1. The van der Waals surface area contributed by atoms with Crippen LogP contribution in [-0.4, -0.2) is 51.3 Å². The Balaban J connectivity index is 1.61. The van der Waals surface area contributed by atoms with Crippen LogP contribution >= 0.6 is 0 Å². The molecule has 3 atom stereocenters. The normalized spacial score (nSPS) is 28.2. The van der Waals surface area contributed by atoms with Gasteiger partial charge in [0.05, 0.1) is 12.4 Å². The highest BCUT2D eigenvalue weighted by molar-refractivity contribution is 7.92. The summed E-state index contributed by atoms with van der Waals surface area (Å²) in [6.07, 6.45) is 7.04. The van der Waals surface area contributed by atoms with Gasteiger partial charge in [-0.05, 0) is 61.1 Å². The van der Waals surface area contributed by atoms with Crippen molar-refractivity contribution >= 4 is 21.6 Å². The topological polar surface area (TPSA) is 75.7 Å². The van der Waals surface area contributed by atoms with Gasteiger partial charge in [-0.15, -0.1) is 0 Å². The maximum absolute atomic E-state index is 12.7. The molecular formula is C22H34N2O4S. The van der Waals surface area contributed by atoms with Crippen molar-refractivity contribution in [2.24, 2.45) is 5.92 Å². The Labute approximate surface area is 175 Å². The second-order valence-corrected chi connectivity index (χ2v) is 10.6. The van der Waals surface area contributed by atoms with Gasteiger partial charge in [-0.3, -0.25) is 9.52 Å². The molecule has 0 aromatic heterocycles. The molecule has 7 heteroatoms. The SMILES string of the molecule is CC1CN(C(=O)CCC2CCCCO2)CCC1(C)c1cccc(NS(C)(=O)=O)c1. The van der Waals surface area contributed by atoms with Crippen LogP contribution in [0.25, 0.3) is 0 Å². The minimum absolute atomic E-state index is 0.0988. The quantitative estimate of drug-likeness (QED) is 0.761. The summed E-state index contributed by atoms with van der Waals surface area (Å²) in [6.45, 7) is 6.68. The van der Waals surface area contributed by atoms with Gasteiger partial charge in [-0.2, -0.15) is 0 Å². The Bertz CT molecular complexity index is 820. The largest absolute Gasteiger partial charge is 0.378 e. The number of nitrogens with one attached hydrogen (secondary N) is 1. The predicted octanol–water partition coefficient (Wildman–Crippen LogP) is 3.53. The van der Waals surface area contributed by atoms with Gasteiger partial charge in [-0.25, -0.2) is 8.42 Å². The van der Waals surface area contributed by atoms with Crippen LogP contribution in [0, 0.1) is 5.92 Å². The summed E-state index contributed by atoms with van der Waals surface area (Å²) < 4.78 is 31.4. The summed E-state index contributed by atoms with van der Waals surface area (Å²) in [6, 6.07) is 7.64. The molecule has 1 amide bonds. The van der Waals surface area contributed by atoms with Crippen molar-refractivity contribution in [1.82, 2.24) is 4.90 Å². The van der Waals surface area contributed by atoms with Gasteiger partial charge in [0.25, 0.3) is 0 Å². The van der Waals surface area contributed by atoms with E-state index in [0.29, 0.717) is 12.1 Å². The minimum atomic E-state index is -3.31. The van der Waals surface area contributed by atoms with Crippen molar-refractivity contribution in [3.63, 3.8) is 0 Å². The zero-order valence-corrected chi connectivity index (χ0v) is 18.6. The summed E-state index contributed by atoms with van der Waals surface area (Å²) in [5.41, 5.74) is 1.60. The van der Waals surface area contributed by atoms with Crippen LogP contribution in [0.5, 0.6) is 0 Å². The number of rotatable bonds is 6. The molecule has 2 fully saturated rings. The first-order chi connectivity index (χ1) is 13.7. The molecule has 0 spiro atoms. The molecule has 29 heavy (non-hydrogen) atoms. The zero-order chi connectivity index (χ0) is 21.1. The van der Waals surface area contributed by atoms with Gasteiger partial charge < -0.3 is 9.64 Å². The molecule has 0 aliphatic carbocycles.